The zero-order valence-corrected chi connectivity index (χ0v) is 35.1. The van der Waals surface area contributed by atoms with Gasteiger partial charge in [-0.05, 0) is 126 Å². The summed E-state index contributed by atoms with van der Waals surface area (Å²) in [5.74, 6) is -2.08. The Hall–Kier alpha value is -3.00. The van der Waals surface area contributed by atoms with E-state index in [-0.39, 0.29) is 65.2 Å². The molecule has 0 unspecified atom stereocenters. The molecular formula is C37H36Br2Cl4F2N2O6. The summed E-state index contributed by atoms with van der Waals surface area (Å²) in [6.45, 7) is 7.44. The van der Waals surface area contributed by atoms with Crippen molar-refractivity contribution in [1.29, 1.82) is 0 Å². The summed E-state index contributed by atoms with van der Waals surface area (Å²) in [7, 11) is 0. The molecule has 0 aliphatic carbocycles. The van der Waals surface area contributed by atoms with E-state index in [9.17, 15) is 18.4 Å². The van der Waals surface area contributed by atoms with Gasteiger partial charge in [0.05, 0.1) is 36.8 Å². The van der Waals surface area contributed by atoms with Crippen LogP contribution < -0.4 is 20.1 Å². The SMILES string of the molecule is CC(C)Nc1cc(Cl)cc(COc2c(Br)cc(CCC(=O)O)cc2Br)c1F.CC(C)Nc1cc(Cl)cc(COc2c(Cl)cc(CC(=O)O)cc2Cl)c1F. The second-order valence-electron chi connectivity index (χ2n) is 12.3. The van der Waals surface area contributed by atoms with Crippen LogP contribution in [0.1, 0.15) is 56.4 Å². The van der Waals surface area contributed by atoms with Gasteiger partial charge in [0, 0.05) is 39.7 Å². The molecule has 0 aromatic heterocycles. The highest BCUT2D eigenvalue weighted by Crippen LogP contribution is 2.37. The number of hydrogen-bond donors (Lipinski definition) is 4. The second-order valence-corrected chi connectivity index (χ2v) is 15.7. The number of carboxylic acid groups (broad SMARTS) is 2. The molecular weight excluding hydrogens is 908 g/mol. The normalized spacial score (nSPS) is 10.9. The van der Waals surface area contributed by atoms with E-state index in [4.69, 9.17) is 66.1 Å². The van der Waals surface area contributed by atoms with E-state index in [0.717, 1.165) is 5.56 Å². The predicted molar refractivity (Wildman–Crippen MR) is 215 cm³/mol. The monoisotopic (exact) mass is 940 g/mol. The first-order chi connectivity index (χ1) is 24.8. The molecule has 0 aliphatic rings. The Morgan fingerprint density at radius 1 is 0.679 bits per heavy atom. The molecule has 0 saturated heterocycles. The molecule has 0 atom stereocenters. The van der Waals surface area contributed by atoms with Gasteiger partial charge in [-0.25, -0.2) is 8.78 Å². The first-order valence-corrected chi connectivity index (χ1v) is 19.1. The van der Waals surface area contributed by atoms with Crippen LogP contribution in [0.4, 0.5) is 20.2 Å². The van der Waals surface area contributed by atoms with Gasteiger partial charge in [-0.3, -0.25) is 9.59 Å². The molecule has 8 nitrogen and oxygen atoms in total. The van der Waals surface area contributed by atoms with Gasteiger partial charge in [0.2, 0.25) is 0 Å². The van der Waals surface area contributed by atoms with Crippen LogP contribution in [0.15, 0.2) is 57.5 Å². The van der Waals surface area contributed by atoms with Gasteiger partial charge < -0.3 is 30.3 Å². The fourth-order valence-corrected chi connectivity index (χ4v) is 7.44. The summed E-state index contributed by atoms with van der Waals surface area (Å²) >= 11 is 31.2. The summed E-state index contributed by atoms with van der Waals surface area (Å²) in [5.41, 5.74) is 2.47. The topological polar surface area (TPSA) is 117 Å². The number of anilines is 2. The van der Waals surface area contributed by atoms with Crippen LogP contribution >= 0.6 is 78.3 Å². The van der Waals surface area contributed by atoms with Crippen LogP contribution in [0.2, 0.25) is 20.1 Å². The van der Waals surface area contributed by atoms with Crippen LogP contribution in [0.25, 0.3) is 0 Å². The molecule has 0 amide bonds. The minimum Gasteiger partial charge on any atom is -0.486 e. The second kappa shape index (κ2) is 20.6. The van der Waals surface area contributed by atoms with Crippen molar-refractivity contribution < 1.29 is 38.1 Å². The predicted octanol–water partition coefficient (Wildman–Crippen LogP) is 12.2. The quantitative estimate of drug-likeness (QED) is 0.0931. The van der Waals surface area contributed by atoms with Gasteiger partial charge in [-0.2, -0.15) is 0 Å². The van der Waals surface area contributed by atoms with E-state index in [2.05, 4.69) is 42.5 Å². The molecule has 0 radical (unpaired) electrons. The number of benzene rings is 4. The highest BCUT2D eigenvalue weighted by Gasteiger charge is 2.17. The molecule has 53 heavy (non-hydrogen) atoms. The highest BCUT2D eigenvalue weighted by atomic mass is 79.9. The fraction of sp³-hybridized carbons (Fsp3) is 0.297. The lowest BCUT2D eigenvalue weighted by Gasteiger charge is -2.16. The van der Waals surface area contributed by atoms with E-state index >= 15 is 0 Å². The molecule has 0 saturated carbocycles. The van der Waals surface area contributed by atoms with E-state index in [0.29, 0.717) is 48.0 Å². The van der Waals surface area contributed by atoms with E-state index in [1.807, 2.05) is 27.7 Å². The Labute approximate surface area is 343 Å². The molecule has 16 heteroatoms. The lowest BCUT2D eigenvalue weighted by molar-refractivity contribution is -0.137. The Kier molecular flexibility index (Phi) is 17.3. The summed E-state index contributed by atoms with van der Waals surface area (Å²) in [5, 5.41) is 24.7. The molecule has 0 fully saturated rings. The first-order valence-electron chi connectivity index (χ1n) is 16.0. The molecule has 286 valence electrons. The van der Waals surface area contributed by atoms with Crippen molar-refractivity contribution in [1.82, 2.24) is 0 Å². The zero-order valence-electron chi connectivity index (χ0n) is 28.9. The Morgan fingerprint density at radius 3 is 1.51 bits per heavy atom. The van der Waals surface area contributed by atoms with Gasteiger partial charge in [-0.15, -0.1) is 0 Å². The first kappa shape index (κ1) is 44.4. The van der Waals surface area contributed by atoms with Crippen LogP contribution in [0, 0.1) is 11.6 Å². The standard InChI is InChI=1S/C19H19Br2ClFNO3.C18H17Cl3FNO3/c1-10(2)24-16-8-13(22)7-12(18(16)23)9-27-19-14(20)5-11(6-15(19)21)3-4-17(25)26;1-9(2)23-15-7-12(19)6-11(17(15)22)8-26-18-13(20)3-10(4-14(18)21)5-16(24)25/h5-8,10,24H,3-4,9H2,1-2H3,(H,25,26);3-4,6-7,9,23H,5,8H2,1-2H3,(H,24,25). The molecule has 0 bridgehead atoms. The third kappa shape index (κ3) is 14.0. The maximum atomic E-state index is 14.7. The number of carboxylic acids is 2. The summed E-state index contributed by atoms with van der Waals surface area (Å²) in [6, 6.07) is 12.6. The minimum atomic E-state index is -1.00. The number of ether oxygens (including phenoxy) is 2. The van der Waals surface area contributed by atoms with Gasteiger partial charge in [0.1, 0.15) is 19.0 Å². The number of halogens is 8. The molecule has 4 aromatic carbocycles. The van der Waals surface area contributed by atoms with Gasteiger partial charge >= 0.3 is 11.9 Å². The van der Waals surface area contributed by atoms with Crippen molar-refractivity contribution in [2.75, 3.05) is 10.6 Å². The van der Waals surface area contributed by atoms with Crippen LogP contribution in [-0.4, -0.2) is 34.2 Å². The maximum Gasteiger partial charge on any atom is 0.307 e. The van der Waals surface area contributed by atoms with Crippen molar-refractivity contribution in [3.63, 3.8) is 0 Å². The van der Waals surface area contributed by atoms with Crippen LogP contribution in [0.3, 0.4) is 0 Å². The smallest absolute Gasteiger partial charge is 0.307 e. The lowest BCUT2D eigenvalue weighted by atomic mass is 10.1. The van der Waals surface area contributed by atoms with E-state index < -0.39 is 23.6 Å². The molecule has 4 N–H and O–H groups in total. The van der Waals surface area contributed by atoms with Crippen molar-refractivity contribution in [3.05, 3.63) is 111 Å². The van der Waals surface area contributed by atoms with Gasteiger partial charge in [0.15, 0.2) is 17.4 Å². The third-order valence-corrected chi connectivity index (χ3v) is 9.13. The number of aryl methyl sites for hydroxylation is 1. The Bertz CT molecular complexity index is 1910. The summed E-state index contributed by atoms with van der Waals surface area (Å²) < 4.78 is 41.9. The maximum absolute atomic E-state index is 14.7. The number of rotatable bonds is 15. The average Bonchev–Trinajstić information content (AvgIpc) is 3.02. The Morgan fingerprint density at radius 2 is 1.11 bits per heavy atom. The van der Waals surface area contributed by atoms with Crippen molar-refractivity contribution in [3.8, 4) is 11.5 Å². The summed E-state index contributed by atoms with van der Waals surface area (Å²) in [4.78, 5) is 21.5. The highest BCUT2D eigenvalue weighted by molar-refractivity contribution is 9.11. The molecule has 4 aromatic rings. The number of carbonyl (C=O) groups is 2. The lowest BCUT2D eigenvalue weighted by Crippen LogP contribution is -2.12. The number of nitrogens with one attached hydrogen (secondary N) is 2. The minimum absolute atomic E-state index is 0.00909. The van der Waals surface area contributed by atoms with E-state index in [1.54, 1.807) is 18.2 Å². The van der Waals surface area contributed by atoms with Crippen molar-refractivity contribution in [2.45, 2.75) is 72.3 Å². The average molecular weight is 944 g/mol. The number of hydrogen-bond acceptors (Lipinski definition) is 6. The van der Waals surface area contributed by atoms with Gasteiger partial charge in [0.25, 0.3) is 0 Å². The molecule has 0 aliphatic heterocycles. The summed E-state index contributed by atoms with van der Waals surface area (Å²) in [6.07, 6.45) is 0.227. The third-order valence-electron chi connectivity index (χ3n) is 6.96. The fourth-order valence-electron chi connectivity index (χ4n) is 4.81. The van der Waals surface area contributed by atoms with Crippen LogP contribution in [-0.2, 0) is 35.6 Å². The molecule has 0 spiro atoms. The molecule has 0 heterocycles. The van der Waals surface area contributed by atoms with Crippen LogP contribution in [0.5, 0.6) is 11.5 Å². The number of aliphatic carboxylic acids is 2. The van der Waals surface area contributed by atoms with E-state index in [1.165, 1.54) is 30.3 Å². The zero-order chi connectivity index (χ0) is 39.6. The Balaban J connectivity index is 0.000000286. The van der Waals surface area contributed by atoms with Gasteiger partial charge in [-0.1, -0.05) is 46.4 Å². The van der Waals surface area contributed by atoms with Crippen molar-refractivity contribution >= 4 is 102 Å². The van der Waals surface area contributed by atoms with Crippen molar-refractivity contribution in [2.24, 2.45) is 0 Å². The largest absolute Gasteiger partial charge is 0.486 e. The molecule has 4 rings (SSSR count).